The second-order valence-electron chi connectivity index (χ2n) is 5.79. The molecule has 3 aromatic rings. The first-order chi connectivity index (χ1) is 13.5. The van der Waals surface area contributed by atoms with Crippen LogP contribution in [0.1, 0.15) is 16.1 Å². The van der Waals surface area contributed by atoms with Crippen molar-refractivity contribution >= 4 is 57.2 Å². The normalized spacial score (nSPS) is 15.4. The third kappa shape index (κ3) is 3.57. The van der Waals surface area contributed by atoms with Gasteiger partial charge >= 0.3 is 0 Å². The molecule has 0 unspecified atom stereocenters. The number of fused-ring (bicyclic) bond motifs is 1. The first-order valence-corrected chi connectivity index (χ1v) is 9.33. The van der Waals surface area contributed by atoms with Gasteiger partial charge in [0.2, 0.25) is 0 Å². The lowest BCUT2D eigenvalue weighted by molar-refractivity contribution is -0.123. The van der Waals surface area contributed by atoms with Crippen molar-refractivity contribution in [2.24, 2.45) is 0 Å². The molecule has 0 aliphatic carbocycles. The van der Waals surface area contributed by atoms with Gasteiger partial charge in [-0.05, 0) is 54.7 Å². The zero-order valence-corrected chi connectivity index (χ0v) is 15.8. The van der Waals surface area contributed by atoms with Crippen molar-refractivity contribution in [2.45, 2.75) is 0 Å². The Morgan fingerprint density at radius 3 is 2.61 bits per heavy atom. The number of nitrogens with one attached hydrogen (secondary N) is 1. The summed E-state index contributed by atoms with van der Waals surface area (Å²) in [5, 5.41) is 10.3. The van der Waals surface area contributed by atoms with E-state index in [1.54, 1.807) is 12.3 Å². The van der Waals surface area contributed by atoms with Crippen LogP contribution in [0, 0.1) is 0 Å². The molecule has 1 aromatic heterocycles. The third-order valence-electron chi connectivity index (χ3n) is 3.88. The predicted octanol–water partition coefficient (Wildman–Crippen LogP) is 2.88. The summed E-state index contributed by atoms with van der Waals surface area (Å²) in [6.45, 7) is 0. The maximum Gasteiger partial charge on any atom is 0.285 e. The first kappa shape index (κ1) is 18.1. The minimum atomic E-state index is -0.511. The van der Waals surface area contributed by atoms with E-state index >= 15 is 0 Å². The average molecular weight is 408 g/mol. The van der Waals surface area contributed by atoms with Crippen LogP contribution in [0.25, 0.3) is 17.1 Å². The molecule has 28 heavy (non-hydrogen) atoms. The van der Waals surface area contributed by atoms with Crippen molar-refractivity contribution in [2.75, 3.05) is 0 Å². The second kappa shape index (κ2) is 7.37. The summed E-state index contributed by atoms with van der Waals surface area (Å²) >= 11 is 6.28. The molecule has 1 fully saturated rings. The monoisotopic (exact) mass is 408 g/mol. The molecule has 0 spiro atoms. The van der Waals surface area contributed by atoms with Crippen molar-refractivity contribution in [1.82, 2.24) is 20.4 Å². The average Bonchev–Trinajstić information content (AvgIpc) is 2.95. The Balaban J connectivity index is 1.55. The number of phenols is 1. The number of amides is 2. The molecule has 4 rings (SSSR count). The van der Waals surface area contributed by atoms with E-state index in [2.05, 4.69) is 15.4 Å². The van der Waals surface area contributed by atoms with E-state index in [9.17, 15) is 14.7 Å². The van der Waals surface area contributed by atoms with E-state index in [0.29, 0.717) is 16.1 Å². The number of nitrogens with zero attached hydrogens (tertiary/aromatic N) is 3. The van der Waals surface area contributed by atoms with Gasteiger partial charge in [-0.15, -0.1) is 0 Å². The zero-order valence-electron chi connectivity index (χ0n) is 14.2. The zero-order chi connectivity index (χ0) is 19.7. The summed E-state index contributed by atoms with van der Waals surface area (Å²) in [6.07, 6.45) is 3.16. The van der Waals surface area contributed by atoms with Crippen LogP contribution in [0.5, 0.6) is 5.75 Å². The van der Waals surface area contributed by atoms with E-state index in [1.165, 1.54) is 24.3 Å². The minimum absolute atomic E-state index is 0.0431. The molecule has 2 aromatic carbocycles. The van der Waals surface area contributed by atoms with Crippen LogP contribution in [0.15, 0.2) is 59.6 Å². The lowest BCUT2D eigenvalue weighted by atomic mass is 10.2. The Labute approximate surface area is 169 Å². The lowest BCUT2D eigenvalue weighted by Gasteiger charge is -2.15. The van der Waals surface area contributed by atoms with Crippen molar-refractivity contribution in [3.05, 3.63) is 70.9 Å². The molecule has 138 valence electrons. The third-order valence-corrected chi connectivity index (χ3v) is 5.18. The Bertz CT molecular complexity index is 1150. The van der Waals surface area contributed by atoms with Crippen LogP contribution in [-0.4, -0.2) is 36.2 Å². The highest BCUT2D eigenvalue weighted by molar-refractivity contribution is 8.26. The van der Waals surface area contributed by atoms with Gasteiger partial charge in [-0.1, -0.05) is 23.9 Å². The minimum Gasteiger partial charge on any atom is -0.508 e. The number of hydrogen-bond donors (Lipinski definition) is 2. The number of thiocarbonyl (C=S) groups is 1. The predicted molar refractivity (Wildman–Crippen MR) is 110 cm³/mol. The summed E-state index contributed by atoms with van der Waals surface area (Å²) < 4.78 is 0.206. The number of carbonyl (C=O) groups is 2. The van der Waals surface area contributed by atoms with Crippen molar-refractivity contribution in [3.63, 3.8) is 0 Å². The molecular weight excluding hydrogens is 396 g/mol. The van der Waals surface area contributed by atoms with Crippen LogP contribution in [0.3, 0.4) is 0 Å². The van der Waals surface area contributed by atoms with E-state index in [0.717, 1.165) is 22.3 Å². The van der Waals surface area contributed by atoms with Crippen LogP contribution < -0.4 is 5.43 Å². The molecule has 0 bridgehead atoms. The Morgan fingerprint density at radius 1 is 1.14 bits per heavy atom. The maximum atomic E-state index is 12.7. The van der Waals surface area contributed by atoms with Gasteiger partial charge < -0.3 is 5.11 Å². The Kier molecular flexibility index (Phi) is 4.76. The number of benzene rings is 2. The van der Waals surface area contributed by atoms with Gasteiger partial charge in [-0.2, -0.15) is 5.01 Å². The van der Waals surface area contributed by atoms with Crippen molar-refractivity contribution in [1.29, 1.82) is 0 Å². The number of hydrazine groups is 1. The SMILES string of the molecule is O=C(NN1C(=O)C(=Cc2cnc3ccccc3n2)SC1=S)c1ccc(O)cc1. The molecular formula is C19H12N4O3S2. The summed E-state index contributed by atoms with van der Waals surface area (Å²) in [7, 11) is 0. The molecule has 0 saturated carbocycles. The molecule has 2 heterocycles. The molecule has 0 radical (unpaired) electrons. The highest BCUT2D eigenvalue weighted by Crippen LogP contribution is 2.31. The van der Waals surface area contributed by atoms with E-state index in [4.69, 9.17) is 12.2 Å². The van der Waals surface area contributed by atoms with Crippen LogP contribution in [0.4, 0.5) is 0 Å². The maximum absolute atomic E-state index is 12.7. The van der Waals surface area contributed by atoms with Gasteiger partial charge in [0.05, 0.1) is 27.8 Å². The van der Waals surface area contributed by atoms with Crippen LogP contribution in [0.2, 0.25) is 0 Å². The molecule has 7 nitrogen and oxygen atoms in total. The van der Waals surface area contributed by atoms with Crippen LogP contribution >= 0.6 is 24.0 Å². The first-order valence-electron chi connectivity index (χ1n) is 8.11. The number of phenolic OH excluding ortho intramolecular Hbond substituents is 1. The van der Waals surface area contributed by atoms with Crippen LogP contribution in [-0.2, 0) is 4.79 Å². The standard InChI is InChI=1S/C19H12N4O3S2/c24-13-7-5-11(6-8-13)17(25)22-23-18(26)16(28-19(23)27)9-12-10-20-14-3-1-2-4-15(14)21-12/h1-10,24H,(H,22,25). The smallest absolute Gasteiger partial charge is 0.285 e. The number of para-hydroxylation sites is 2. The van der Waals surface area contributed by atoms with E-state index in [-0.39, 0.29) is 15.6 Å². The Hall–Kier alpha value is -3.30. The fourth-order valence-corrected chi connectivity index (χ4v) is 3.68. The largest absolute Gasteiger partial charge is 0.508 e. The molecule has 9 heteroatoms. The molecule has 1 saturated heterocycles. The molecule has 2 amide bonds. The molecule has 0 atom stereocenters. The number of thioether (sulfide) groups is 1. The summed E-state index contributed by atoms with van der Waals surface area (Å²) in [4.78, 5) is 34.1. The number of aromatic hydroxyl groups is 1. The summed E-state index contributed by atoms with van der Waals surface area (Å²) in [5.74, 6) is -0.915. The van der Waals surface area contributed by atoms with Gasteiger partial charge in [-0.25, -0.2) is 4.98 Å². The van der Waals surface area contributed by atoms with Gasteiger partial charge in [0.15, 0.2) is 4.32 Å². The van der Waals surface area contributed by atoms with Gasteiger partial charge in [0.25, 0.3) is 11.8 Å². The molecule has 1 aliphatic heterocycles. The number of aromatic nitrogens is 2. The second-order valence-corrected chi connectivity index (χ2v) is 7.46. The van der Waals surface area contributed by atoms with Crippen molar-refractivity contribution in [3.8, 4) is 5.75 Å². The number of carbonyl (C=O) groups excluding carboxylic acids is 2. The van der Waals surface area contributed by atoms with Gasteiger partial charge in [0, 0.05) is 5.56 Å². The molecule has 1 aliphatic rings. The number of rotatable bonds is 3. The van der Waals surface area contributed by atoms with Crippen molar-refractivity contribution < 1.29 is 14.7 Å². The molecule has 2 N–H and O–H groups in total. The van der Waals surface area contributed by atoms with E-state index < -0.39 is 11.8 Å². The van der Waals surface area contributed by atoms with Gasteiger partial charge in [-0.3, -0.25) is 20.0 Å². The highest BCUT2D eigenvalue weighted by Gasteiger charge is 2.34. The topological polar surface area (TPSA) is 95.4 Å². The summed E-state index contributed by atoms with van der Waals surface area (Å²) in [5.41, 5.74) is 4.76. The number of hydrogen-bond acceptors (Lipinski definition) is 7. The summed E-state index contributed by atoms with van der Waals surface area (Å²) in [6, 6.07) is 13.1. The lowest BCUT2D eigenvalue weighted by Crippen LogP contribution is -2.44. The van der Waals surface area contributed by atoms with Gasteiger partial charge in [0.1, 0.15) is 5.75 Å². The fraction of sp³-hybridized carbons (Fsp3) is 0. The highest BCUT2D eigenvalue weighted by atomic mass is 32.2. The van der Waals surface area contributed by atoms with E-state index in [1.807, 2.05) is 24.3 Å². The quantitative estimate of drug-likeness (QED) is 0.508. The fourth-order valence-electron chi connectivity index (χ4n) is 2.52. The Morgan fingerprint density at radius 2 is 1.86 bits per heavy atom.